The minimum atomic E-state index is 0.404. The second-order valence-electron chi connectivity index (χ2n) is 3.75. The zero-order valence-electron chi connectivity index (χ0n) is 11.5. The van der Waals surface area contributed by atoms with Crippen molar-refractivity contribution in [3.8, 4) is 11.4 Å². The number of anilines is 1. The lowest BCUT2D eigenvalue weighted by atomic mass is 10.2. The number of hydrogen-bond acceptors (Lipinski definition) is 5. The van der Waals surface area contributed by atoms with Crippen LogP contribution in [0.15, 0.2) is 29.3 Å². The molecule has 20 heavy (non-hydrogen) atoms. The maximum atomic E-state index is 5.93. The van der Waals surface area contributed by atoms with Crippen molar-refractivity contribution in [2.45, 2.75) is 20.8 Å². The van der Waals surface area contributed by atoms with Gasteiger partial charge < -0.3 is 5.73 Å². The molecule has 0 saturated carbocycles. The molecule has 0 radical (unpaired) electrons. The smallest absolute Gasteiger partial charge is 0.162 e. The third kappa shape index (κ3) is 2.24. The SMILES string of the molecule is CC.Cc1c(Br)c(-c2ncccn2)c2c(N)ncnn12. The van der Waals surface area contributed by atoms with E-state index in [-0.39, 0.29) is 0 Å². The molecule has 0 aliphatic heterocycles. The van der Waals surface area contributed by atoms with Gasteiger partial charge in [0.05, 0.1) is 15.7 Å². The Labute approximate surface area is 125 Å². The molecular weight excluding hydrogens is 320 g/mol. The van der Waals surface area contributed by atoms with Gasteiger partial charge in [0.2, 0.25) is 0 Å². The van der Waals surface area contributed by atoms with E-state index in [9.17, 15) is 0 Å². The number of rotatable bonds is 1. The highest BCUT2D eigenvalue weighted by Crippen LogP contribution is 2.36. The van der Waals surface area contributed by atoms with Gasteiger partial charge in [-0.1, -0.05) is 13.8 Å². The van der Waals surface area contributed by atoms with Crippen LogP contribution in [0.3, 0.4) is 0 Å². The minimum Gasteiger partial charge on any atom is -0.382 e. The molecule has 0 amide bonds. The molecule has 0 aliphatic rings. The van der Waals surface area contributed by atoms with Crippen LogP contribution in [0, 0.1) is 6.92 Å². The third-order valence-electron chi connectivity index (χ3n) is 2.70. The molecule has 0 saturated heterocycles. The molecule has 3 rings (SSSR count). The molecule has 0 spiro atoms. The van der Waals surface area contributed by atoms with E-state index in [2.05, 4.69) is 36.0 Å². The number of nitrogen functional groups attached to an aromatic ring is 1. The number of aromatic nitrogens is 5. The summed E-state index contributed by atoms with van der Waals surface area (Å²) in [5.41, 5.74) is 8.39. The van der Waals surface area contributed by atoms with E-state index in [4.69, 9.17) is 5.73 Å². The normalized spacial score (nSPS) is 10.2. The topological polar surface area (TPSA) is 82.0 Å². The molecule has 0 fully saturated rings. The minimum absolute atomic E-state index is 0.404. The zero-order valence-corrected chi connectivity index (χ0v) is 13.1. The van der Waals surface area contributed by atoms with Crippen LogP contribution in [0.1, 0.15) is 19.5 Å². The maximum absolute atomic E-state index is 5.93. The van der Waals surface area contributed by atoms with E-state index in [0.717, 1.165) is 15.7 Å². The zero-order chi connectivity index (χ0) is 14.7. The standard InChI is InChI=1S/C11H9BrN6.C2H6/c1-6-8(12)7(11-14-3-2-4-15-11)9-10(13)16-5-17-18(6)9;1-2/h2-5H,1H3,(H2,13,16,17);1-2H3. The van der Waals surface area contributed by atoms with Gasteiger partial charge >= 0.3 is 0 Å². The van der Waals surface area contributed by atoms with Crippen molar-refractivity contribution in [3.63, 3.8) is 0 Å². The van der Waals surface area contributed by atoms with Crippen molar-refractivity contribution in [2.24, 2.45) is 0 Å². The number of fused-ring (bicyclic) bond motifs is 1. The summed E-state index contributed by atoms with van der Waals surface area (Å²) in [5.74, 6) is 0.998. The lowest BCUT2D eigenvalue weighted by molar-refractivity contribution is 0.873. The van der Waals surface area contributed by atoms with E-state index >= 15 is 0 Å². The Morgan fingerprint density at radius 2 is 1.80 bits per heavy atom. The molecule has 0 atom stereocenters. The van der Waals surface area contributed by atoms with Gasteiger partial charge in [-0.2, -0.15) is 5.10 Å². The first kappa shape index (κ1) is 14.4. The van der Waals surface area contributed by atoms with Crippen LogP contribution < -0.4 is 5.73 Å². The number of nitrogens with zero attached hydrogens (tertiary/aromatic N) is 5. The van der Waals surface area contributed by atoms with Gasteiger partial charge in [0.15, 0.2) is 11.6 Å². The first-order chi connectivity index (χ1) is 9.70. The van der Waals surface area contributed by atoms with Gasteiger partial charge in [-0.05, 0) is 28.9 Å². The molecule has 0 bridgehead atoms. The van der Waals surface area contributed by atoms with Crippen molar-refractivity contribution >= 4 is 27.3 Å². The highest BCUT2D eigenvalue weighted by atomic mass is 79.9. The van der Waals surface area contributed by atoms with Gasteiger partial charge in [-0.25, -0.2) is 19.5 Å². The van der Waals surface area contributed by atoms with Crippen molar-refractivity contribution in [1.82, 2.24) is 24.6 Å². The first-order valence-electron chi connectivity index (χ1n) is 6.25. The average molecular weight is 335 g/mol. The number of hydrogen-bond donors (Lipinski definition) is 1. The van der Waals surface area contributed by atoms with Gasteiger partial charge in [0.1, 0.15) is 11.8 Å². The molecule has 0 aromatic carbocycles. The molecular formula is C13H15BrN6. The Balaban J connectivity index is 0.000000704. The fourth-order valence-corrected chi connectivity index (χ4v) is 2.40. The Morgan fingerprint density at radius 1 is 1.15 bits per heavy atom. The number of aryl methyl sites for hydroxylation is 1. The second-order valence-corrected chi connectivity index (χ2v) is 4.55. The molecule has 6 nitrogen and oxygen atoms in total. The number of nitrogens with two attached hydrogens (primary N) is 1. The number of halogens is 1. The van der Waals surface area contributed by atoms with Gasteiger partial charge in [-0.3, -0.25) is 0 Å². The lowest BCUT2D eigenvalue weighted by Gasteiger charge is -2.01. The van der Waals surface area contributed by atoms with Gasteiger partial charge in [0.25, 0.3) is 0 Å². The van der Waals surface area contributed by atoms with E-state index in [1.165, 1.54) is 6.33 Å². The summed E-state index contributed by atoms with van der Waals surface area (Å²) in [6, 6.07) is 1.77. The van der Waals surface area contributed by atoms with Crippen molar-refractivity contribution in [1.29, 1.82) is 0 Å². The molecule has 7 heteroatoms. The second kappa shape index (κ2) is 5.96. The molecule has 3 aromatic rings. The van der Waals surface area contributed by atoms with Crippen LogP contribution in [0.4, 0.5) is 5.82 Å². The predicted octanol–water partition coefficient (Wildman–Crippen LogP) is 2.87. The molecule has 104 valence electrons. The van der Waals surface area contributed by atoms with Gasteiger partial charge in [0, 0.05) is 12.4 Å². The molecule has 2 N–H and O–H groups in total. The Morgan fingerprint density at radius 3 is 2.45 bits per heavy atom. The van der Waals surface area contributed by atoms with E-state index in [0.29, 0.717) is 17.2 Å². The molecule has 0 aliphatic carbocycles. The summed E-state index contributed by atoms with van der Waals surface area (Å²) >= 11 is 3.54. The highest BCUT2D eigenvalue weighted by molar-refractivity contribution is 9.10. The van der Waals surface area contributed by atoms with Crippen LogP contribution in [-0.2, 0) is 0 Å². The van der Waals surface area contributed by atoms with E-state index in [1.807, 2.05) is 20.8 Å². The van der Waals surface area contributed by atoms with Crippen LogP contribution >= 0.6 is 15.9 Å². The van der Waals surface area contributed by atoms with Crippen LogP contribution in [0.25, 0.3) is 16.9 Å². The summed E-state index contributed by atoms with van der Waals surface area (Å²) in [7, 11) is 0. The average Bonchev–Trinajstić information content (AvgIpc) is 2.76. The van der Waals surface area contributed by atoms with Gasteiger partial charge in [-0.15, -0.1) is 0 Å². The molecule has 0 unspecified atom stereocenters. The van der Waals surface area contributed by atoms with Crippen LogP contribution in [0.2, 0.25) is 0 Å². The first-order valence-corrected chi connectivity index (χ1v) is 7.04. The highest BCUT2D eigenvalue weighted by Gasteiger charge is 2.20. The Hall–Kier alpha value is -2.02. The Bertz CT molecular complexity index is 723. The quantitative estimate of drug-likeness (QED) is 0.739. The monoisotopic (exact) mass is 334 g/mol. The molecule has 3 aromatic heterocycles. The summed E-state index contributed by atoms with van der Waals surface area (Å²) in [5, 5.41) is 4.19. The van der Waals surface area contributed by atoms with Crippen molar-refractivity contribution in [3.05, 3.63) is 35.0 Å². The van der Waals surface area contributed by atoms with E-state index in [1.54, 1.807) is 23.0 Å². The van der Waals surface area contributed by atoms with Crippen molar-refractivity contribution in [2.75, 3.05) is 5.73 Å². The summed E-state index contributed by atoms with van der Waals surface area (Å²) in [6.07, 6.45) is 4.80. The summed E-state index contributed by atoms with van der Waals surface area (Å²) in [4.78, 5) is 12.5. The third-order valence-corrected chi connectivity index (χ3v) is 3.67. The molecule has 3 heterocycles. The Kier molecular flexibility index (Phi) is 4.29. The largest absolute Gasteiger partial charge is 0.382 e. The van der Waals surface area contributed by atoms with E-state index < -0.39 is 0 Å². The maximum Gasteiger partial charge on any atom is 0.162 e. The van der Waals surface area contributed by atoms with Crippen molar-refractivity contribution < 1.29 is 0 Å². The summed E-state index contributed by atoms with van der Waals surface area (Å²) in [6.45, 7) is 5.94. The summed E-state index contributed by atoms with van der Waals surface area (Å²) < 4.78 is 2.61. The fourth-order valence-electron chi connectivity index (χ4n) is 1.87. The lowest BCUT2D eigenvalue weighted by Crippen LogP contribution is -2.00. The van der Waals surface area contributed by atoms with Crippen LogP contribution in [-0.4, -0.2) is 24.6 Å². The van der Waals surface area contributed by atoms with Crippen LogP contribution in [0.5, 0.6) is 0 Å². The fraction of sp³-hybridized carbons (Fsp3) is 0.231. The predicted molar refractivity (Wildman–Crippen MR) is 82.2 cm³/mol.